The van der Waals surface area contributed by atoms with Crippen LogP contribution in [-0.4, -0.2) is 29.2 Å². The molecule has 1 aliphatic rings. The van der Waals surface area contributed by atoms with Gasteiger partial charge >= 0.3 is 0 Å². The number of carbonyl (C=O) groups excluding carboxylic acids is 1. The first-order chi connectivity index (χ1) is 11.5. The van der Waals surface area contributed by atoms with E-state index in [1.807, 2.05) is 19.1 Å². The second kappa shape index (κ2) is 7.36. The molecule has 1 fully saturated rings. The zero-order valence-electron chi connectivity index (χ0n) is 13.3. The van der Waals surface area contributed by atoms with Crippen LogP contribution in [0.3, 0.4) is 0 Å². The summed E-state index contributed by atoms with van der Waals surface area (Å²) in [5.74, 6) is 0.835. The second-order valence-corrected chi connectivity index (χ2v) is 6.81. The van der Waals surface area contributed by atoms with Crippen molar-refractivity contribution in [3.05, 3.63) is 46.1 Å². The van der Waals surface area contributed by atoms with E-state index in [1.165, 1.54) is 0 Å². The highest BCUT2D eigenvalue weighted by Gasteiger charge is 2.25. The van der Waals surface area contributed by atoms with Crippen LogP contribution in [0.2, 0.25) is 10.0 Å². The Labute approximate surface area is 151 Å². The third-order valence-electron chi connectivity index (χ3n) is 4.10. The first-order valence-electron chi connectivity index (χ1n) is 7.83. The summed E-state index contributed by atoms with van der Waals surface area (Å²) >= 11 is 11.9. The topological polar surface area (TPSA) is 58.1 Å². The van der Waals surface area contributed by atoms with Crippen LogP contribution in [-0.2, 0) is 4.79 Å². The lowest BCUT2D eigenvalue weighted by Crippen LogP contribution is -2.38. The fourth-order valence-corrected chi connectivity index (χ4v) is 3.33. The summed E-state index contributed by atoms with van der Waals surface area (Å²) in [5, 5.41) is 12.2. The molecule has 5 nitrogen and oxygen atoms in total. The maximum Gasteiger partial charge on any atom is 0.227 e. The Morgan fingerprint density at radius 3 is 2.38 bits per heavy atom. The van der Waals surface area contributed by atoms with Crippen LogP contribution in [0, 0.1) is 12.8 Å². The SMILES string of the molecule is Cc1ccc(N2CCC(C(=O)Nc3cc(Cl)cc(Cl)c3)CC2)nn1. The van der Waals surface area contributed by atoms with Gasteiger partial charge in [-0.25, -0.2) is 0 Å². The van der Waals surface area contributed by atoms with Gasteiger partial charge in [-0.1, -0.05) is 23.2 Å². The Morgan fingerprint density at radius 1 is 1.12 bits per heavy atom. The van der Waals surface area contributed by atoms with E-state index in [4.69, 9.17) is 23.2 Å². The Kier molecular flexibility index (Phi) is 5.21. The van der Waals surface area contributed by atoms with Crippen LogP contribution in [0.25, 0.3) is 0 Å². The number of hydrogen-bond acceptors (Lipinski definition) is 4. The number of carbonyl (C=O) groups is 1. The number of hydrogen-bond donors (Lipinski definition) is 1. The maximum absolute atomic E-state index is 12.4. The molecule has 0 spiro atoms. The Hall–Kier alpha value is -1.85. The van der Waals surface area contributed by atoms with E-state index in [0.717, 1.165) is 37.4 Å². The number of nitrogens with one attached hydrogen (secondary N) is 1. The van der Waals surface area contributed by atoms with E-state index in [9.17, 15) is 4.79 Å². The molecule has 1 saturated heterocycles. The third-order valence-corrected chi connectivity index (χ3v) is 4.54. The normalized spacial score (nSPS) is 15.4. The van der Waals surface area contributed by atoms with Gasteiger partial charge in [-0.15, -0.1) is 5.10 Å². The van der Waals surface area contributed by atoms with Gasteiger partial charge in [-0.2, -0.15) is 5.10 Å². The van der Waals surface area contributed by atoms with Crippen LogP contribution >= 0.6 is 23.2 Å². The summed E-state index contributed by atoms with van der Waals surface area (Å²) in [5.41, 5.74) is 1.53. The lowest BCUT2D eigenvalue weighted by atomic mass is 9.96. The van der Waals surface area contributed by atoms with Gasteiger partial charge in [0.1, 0.15) is 0 Å². The summed E-state index contributed by atoms with van der Waals surface area (Å²) < 4.78 is 0. The predicted molar refractivity (Wildman–Crippen MR) is 96.8 cm³/mol. The lowest BCUT2D eigenvalue weighted by molar-refractivity contribution is -0.120. The molecular formula is C17H18Cl2N4O. The summed E-state index contributed by atoms with van der Waals surface area (Å²) in [6.07, 6.45) is 1.55. The van der Waals surface area contributed by atoms with E-state index in [0.29, 0.717) is 15.7 Å². The van der Waals surface area contributed by atoms with Crippen LogP contribution in [0.5, 0.6) is 0 Å². The molecule has 24 heavy (non-hydrogen) atoms. The predicted octanol–water partition coefficient (Wildman–Crippen LogP) is 3.95. The van der Waals surface area contributed by atoms with E-state index in [2.05, 4.69) is 20.4 Å². The Morgan fingerprint density at radius 2 is 1.79 bits per heavy atom. The summed E-state index contributed by atoms with van der Waals surface area (Å²) in [7, 11) is 0. The zero-order chi connectivity index (χ0) is 17.1. The van der Waals surface area contributed by atoms with E-state index in [-0.39, 0.29) is 11.8 Å². The molecule has 0 aliphatic carbocycles. The molecule has 0 saturated carbocycles. The highest BCUT2D eigenvalue weighted by atomic mass is 35.5. The first-order valence-corrected chi connectivity index (χ1v) is 8.59. The minimum atomic E-state index is -0.0302. The minimum Gasteiger partial charge on any atom is -0.355 e. The van der Waals surface area contributed by atoms with Crippen molar-refractivity contribution in [2.75, 3.05) is 23.3 Å². The molecule has 0 unspecified atom stereocenters. The van der Waals surface area contributed by atoms with Gasteiger partial charge in [0.15, 0.2) is 5.82 Å². The van der Waals surface area contributed by atoms with Crippen molar-refractivity contribution in [3.63, 3.8) is 0 Å². The highest BCUT2D eigenvalue weighted by Crippen LogP contribution is 2.25. The average molecular weight is 365 g/mol. The largest absolute Gasteiger partial charge is 0.355 e. The molecule has 0 bridgehead atoms. The standard InChI is InChI=1S/C17H18Cl2N4O/c1-11-2-3-16(22-21-11)23-6-4-12(5-7-23)17(24)20-15-9-13(18)8-14(19)10-15/h2-3,8-10,12H,4-7H2,1H3,(H,20,24). The molecule has 1 N–H and O–H groups in total. The van der Waals surface area contributed by atoms with Gasteiger partial charge in [0.25, 0.3) is 0 Å². The molecule has 0 atom stereocenters. The second-order valence-electron chi connectivity index (χ2n) is 5.94. The Balaban J connectivity index is 1.57. The van der Waals surface area contributed by atoms with Gasteiger partial charge in [-0.05, 0) is 50.1 Å². The summed E-state index contributed by atoms with van der Waals surface area (Å²) in [6.45, 7) is 3.48. The monoisotopic (exact) mass is 364 g/mol. The van der Waals surface area contributed by atoms with E-state index >= 15 is 0 Å². The number of aromatic nitrogens is 2. The fourth-order valence-electron chi connectivity index (χ4n) is 2.80. The molecule has 1 aromatic heterocycles. The molecule has 1 aliphatic heterocycles. The fraction of sp³-hybridized carbons (Fsp3) is 0.353. The molecule has 7 heteroatoms. The first kappa shape index (κ1) is 17.0. The molecule has 126 valence electrons. The van der Waals surface area contributed by atoms with Crippen molar-refractivity contribution >= 4 is 40.6 Å². The summed E-state index contributed by atoms with van der Waals surface area (Å²) in [4.78, 5) is 14.6. The van der Waals surface area contributed by atoms with Crippen LogP contribution in [0.1, 0.15) is 18.5 Å². The number of amides is 1. The van der Waals surface area contributed by atoms with Crippen molar-refractivity contribution < 1.29 is 4.79 Å². The Bertz CT molecular complexity index is 708. The number of benzene rings is 1. The molecule has 2 aromatic rings. The van der Waals surface area contributed by atoms with Gasteiger partial charge in [0.05, 0.1) is 5.69 Å². The third kappa shape index (κ3) is 4.16. The maximum atomic E-state index is 12.4. The molecule has 1 aromatic carbocycles. The van der Waals surface area contributed by atoms with Crippen molar-refractivity contribution in [1.82, 2.24) is 10.2 Å². The van der Waals surface area contributed by atoms with Crippen LogP contribution < -0.4 is 10.2 Å². The van der Waals surface area contributed by atoms with Crippen molar-refractivity contribution in [2.24, 2.45) is 5.92 Å². The van der Waals surface area contributed by atoms with E-state index < -0.39 is 0 Å². The minimum absolute atomic E-state index is 0.00275. The van der Waals surface area contributed by atoms with E-state index in [1.54, 1.807) is 18.2 Å². The van der Waals surface area contributed by atoms with Gasteiger partial charge in [0, 0.05) is 34.7 Å². The summed E-state index contributed by atoms with van der Waals surface area (Å²) in [6, 6.07) is 8.95. The van der Waals surface area contributed by atoms with Crippen LogP contribution in [0.4, 0.5) is 11.5 Å². The van der Waals surface area contributed by atoms with Gasteiger partial charge in [-0.3, -0.25) is 4.79 Å². The number of aryl methyl sites for hydroxylation is 1. The molecule has 3 rings (SSSR count). The quantitative estimate of drug-likeness (QED) is 0.895. The zero-order valence-corrected chi connectivity index (χ0v) is 14.8. The van der Waals surface area contributed by atoms with Gasteiger partial charge < -0.3 is 10.2 Å². The number of halogens is 2. The van der Waals surface area contributed by atoms with Gasteiger partial charge in [0.2, 0.25) is 5.91 Å². The number of piperidine rings is 1. The highest BCUT2D eigenvalue weighted by molar-refractivity contribution is 6.35. The average Bonchev–Trinajstić information content (AvgIpc) is 2.55. The number of anilines is 2. The van der Waals surface area contributed by atoms with Crippen molar-refractivity contribution in [3.8, 4) is 0 Å². The molecule has 1 amide bonds. The van der Waals surface area contributed by atoms with Crippen molar-refractivity contribution in [2.45, 2.75) is 19.8 Å². The number of rotatable bonds is 3. The lowest BCUT2D eigenvalue weighted by Gasteiger charge is -2.31. The molecule has 2 heterocycles. The molecular weight excluding hydrogens is 347 g/mol. The number of nitrogens with zero attached hydrogens (tertiary/aromatic N) is 3. The smallest absolute Gasteiger partial charge is 0.227 e. The van der Waals surface area contributed by atoms with Crippen LogP contribution in [0.15, 0.2) is 30.3 Å². The molecule has 0 radical (unpaired) electrons. The van der Waals surface area contributed by atoms with Crippen molar-refractivity contribution in [1.29, 1.82) is 0 Å².